The van der Waals surface area contributed by atoms with Crippen LogP contribution >= 0.6 is 0 Å². The van der Waals surface area contributed by atoms with Crippen molar-refractivity contribution in [2.45, 2.75) is 45.8 Å². The zero-order chi connectivity index (χ0) is 19.7. The Morgan fingerprint density at radius 1 is 1.36 bits per heavy atom. The minimum Gasteiger partial charge on any atom is -0.364 e. The number of nitrogens with zero attached hydrogens (tertiary/aromatic N) is 3. The van der Waals surface area contributed by atoms with Crippen LogP contribution in [0.4, 0.5) is 5.69 Å². The molecule has 28 heavy (non-hydrogen) atoms. The van der Waals surface area contributed by atoms with Crippen molar-refractivity contribution in [3.63, 3.8) is 0 Å². The second-order valence-corrected chi connectivity index (χ2v) is 8.12. The van der Waals surface area contributed by atoms with E-state index in [-0.39, 0.29) is 6.29 Å². The number of hydrogen-bond acceptors (Lipinski definition) is 5. The second kappa shape index (κ2) is 7.75. The van der Waals surface area contributed by atoms with Gasteiger partial charge in [0.2, 0.25) is 0 Å². The summed E-state index contributed by atoms with van der Waals surface area (Å²) in [5.74, 6) is 0.399. The first kappa shape index (κ1) is 18.7. The molecule has 1 aliphatic heterocycles. The topological polar surface area (TPSA) is 99.4 Å². The van der Waals surface area contributed by atoms with Crippen LogP contribution in [0.3, 0.4) is 0 Å². The monoisotopic (exact) mass is 380 g/mol. The molecule has 1 fully saturated rings. The van der Waals surface area contributed by atoms with Gasteiger partial charge in [0.1, 0.15) is 5.71 Å². The van der Waals surface area contributed by atoms with Crippen molar-refractivity contribution in [2.24, 2.45) is 22.6 Å². The van der Waals surface area contributed by atoms with E-state index in [1.807, 2.05) is 18.3 Å². The van der Waals surface area contributed by atoms with Gasteiger partial charge in [-0.3, -0.25) is 15.2 Å². The number of aliphatic imine (C=N–C) groups is 1. The number of nitrogens with one attached hydrogen (secondary N) is 2. The van der Waals surface area contributed by atoms with Gasteiger partial charge in [0.15, 0.2) is 6.29 Å². The Balaban J connectivity index is 1.78. The lowest BCUT2D eigenvalue weighted by Crippen LogP contribution is -2.50. The number of primary amides is 1. The van der Waals surface area contributed by atoms with Crippen LogP contribution in [0.25, 0.3) is 10.9 Å². The van der Waals surface area contributed by atoms with Crippen molar-refractivity contribution < 1.29 is 4.79 Å². The molecule has 0 bridgehead atoms. The van der Waals surface area contributed by atoms with E-state index >= 15 is 0 Å². The van der Waals surface area contributed by atoms with Crippen molar-refractivity contribution in [3.8, 4) is 0 Å². The number of H-pyrrole nitrogens is 1. The molecule has 7 heteroatoms. The first-order valence-electron chi connectivity index (χ1n) is 10.1. The number of fused-ring (bicyclic) bond motifs is 1. The average molecular weight is 380 g/mol. The Morgan fingerprint density at radius 3 is 2.86 bits per heavy atom. The van der Waals surface area contributed by atoms with E-state index in [1.54, 1.807) is 0 Å². The maximum Gasteiger partial charge on any atom is 0.267 e. The van der Waals surface area contributed by atoms with Crippen LogP contribution in [0.5, 0.6) is 0 Å². The molecule has 2 heterocycles. The standard InChI is InChI=1S/C21H28N6O/c1-13(2)11-23-21-25-18(20(22)28)10-19(14-5-3-4-6-14)27(21)16-7-8-17-15(9-16)12-24-26-17/h7-10,12-14,21,23H,3-6,11H2,1-2H3,(H2,22,28)(H,24,26). The van der Waals surface area contributed by atoms with Crippen molar-refractivity contribution in [3.05, 3.63) is 36.2 Å². The van der Waals surface area contributed by atoms with E-state index in [2.05, 4.69) is 51.4 Å². The van der Waals surface area contributed by atoms with Crippen LogP contribution in [0.1, 0.15) is 39.5 Å². The number of anilines is 1. The van der Waals surface area contributed by atoms with Gasteiger partial charge in [0.05, 0.1) is 11.7 Å². The molecular weight excluding hydrogens is 352 g/mol. The quantitative estimate of drug-likeness (QED) is 0.717. The first-order chi connectivity index (χ1) is 13.5. The summed E-state index contributed by atoms with van der Waals surface area (Å²) in [7, 11) is 0. The fourth-order valence-corrected chi connectivity index (χ4v) is 4.10. The molecule has 1 saturated carbocycles. The van der Waals surface area contributed by atoms with Crippen LogP contribution < -0.4 is 16.0 Å². The number of amides is 1. The van der Waals surface area contributed by atoms with Crippen LogP contribution in [0.2, 0.25) is 0 Å². The molecule has 4 rings (SSSR count). The van der Waals surface area contributed by atoms with Gasteiger partial charge < -0.3 is 10.6 Å². The Morgan fingerprint density at radius 2 is 2.14 bits per heavy atom. The fourth-order valence-electron chi connectivity index (χ4n) is 4.10. The molecule has 1 aromatic heterocycles. The maximum absolute atomic E-state index is 12.0. The minimum absolute atomic E-state index is 0.351. The molecule has 1 aliphatic carbocycles. The van der Waals surface area contributed by atoms with Crippen LogP contribution in [-0.2, 0) is 4.79 Å². The van der Waals surface area contributed by atoms with Gasteiger partial charge >= 0.3 is 0 Å². The molecule has 1 amide bonds. The molecule has 1 atom stereocenters. The molecule has 2 aliphatic rings. The summed E-state index contributed by atoms with van der Waals surface area (Å²) in [6.45, 7) is 5.11. The molecule has 0 radical (unpaired) electrons. The van der Waals surface area contributed by atoms with Crippen LogP contribution in [0, 0.1) is 11.8 Å². The van der Waals surface area contributed by atoms with Crippen molar-refractivity contribution in [2.75, 3.05) is 11.4 Å². The predicted octanol–water partition coefficient (Wildman–Crippen LogP) is 2.91. The number of nitrogens with two attached hydrogens (primary N) is 1. The lowest BCUT2D eigenvalue weighted by atomic mass is 9.98. The van der Waals surface area contributed by atoms with E-state index < -0.39 is 5.91 Å². The van der Waals surface area contributed by atoms with Gasteiger partial charge in [-0.1, -0.05) is 26.7 Å². The highest BCUT2D eigenvalue weighted by atomic mass is 16.1. The number of benzene rings is 1. The Hall–Kier alpha value is -2.67. The average Bonchev–Trinajstić information content (AvgIpc) is 3.36. The lowest BCUT2D eigenvalue weighted by Gasteiger charge is -2.39. The van der Waals surface area contributed by atoms with Crippen LogP contribution in [0.15, 0.2) is 41.2 Å². The van der Waals surface area contributed by atoms with Crippen molar-refractivity contribution >= 4 is 28.2 Å². The fraction of sp³-hybridized carbons (Fsp3) is 0.476. The summed E-state index contributed by atoms with van der Waals surface area (Å²) in [4.78, 5) is 18.9. The number of rotatable bonds is 6. The predicted molar refractivity (Wildman–Crippen MR) is 112 cm³/mol. The zero-order valence-electron chi connectivity index (χ0n) is 16.5. The highest BCUT2D eigenvalue weighted by Gasteiger charge is 2.33. The Bertz CT molecular complexity index is 922. The summed E-state index contributed by atoms with van der Waals surface area (Å²) >= 11 is 0. The van der Waals surface area contributed by atoms with Gasteiger partial charge in [-0.25, -0.2) is 4.99 Å². The number of hydrogen-bond donors (Lipinski definition) is 3. The molecule has 0 saturated heterocycles. The van der Waals surface area contributed by atoms with Crippen molar-refractivity contribution in [1.29, 1.82) is 0 Å². The Kier molecular flexibility index (Phi) is 5.17. The Labute approximate surface area is 165 Å². The van der Waals surface area contributed by atoms with Gasteiger partial charge in [-0.2, -0.15) is 5.10 Å². The van der Waals surface area contributed by atoms with E-state index in [9.17, 15) is 4.79 Å². The number of allylic oxidation sites excluding steroid dienone is 1. The summed E-state index contributed by atoms with van der Waals surface area (Å²) in [6, 6.07) is 6.24. The van der Waals surface area contributed by atoms with Gasteiger partial charge in [-0.05, 0) is 49.0 Å². The lowest BCUT2D eigenvalue weighted by molar-refractivity contribution is -0.111. The van der Waals surface area contributed by atoms with E-state index in [0.717, 1.165) is 41.7 Å². The van der Waals surface area contributed by atoms with Crippen LogP contribution in [-0.4, -0.2) is 34.7 Å². The molecule has 148 valence electrons. The van der Waals surface area contributed by atoms with E-state index in [0.29, 0.717) is 17.5 Å². The molecule has 1 unspecified atom stereocenters. The van der Waals surface area contributed by atoms with Gasteiger partial charge in [-0.15, -0.1) is 0 Å². The summed E-state index contributed by atoms with van der Waals surface area (Å²) in [5.41, 5.74) is 9.14. The summed E-state index contributed by atoms with van der Waals surface area (Å²) in [6.07, 6.45) is 8.04. The molecule has 1 aromatic carbocycles. The third kappa shape index (κ3) is 3.67. The molecule has 7 nitrogen and oxygen atoms in total. The minimum atomic E-state index is -0.475. The molecule has 4 N–H and O–H groups in total. The van der Waals surface area contributed by atoms with Gasteiger partial charge in [0.25, 0.3) is 5.91 Å². The molecular formula is C21H28N6O. The largest absolute Gasteiger partial charge is 0.364 e. The molecule has 0 spiro atoms. The first-order valence-corrected chi connectivity index (χ1v) is 10.1. The number of carbonyl (C=O) groups excluding carboxylic acids is 1. The number of aromatic nitrogens is 2. The maximum atomic E-state index is 12.0. The third-order valence-electron chi connectivity index (χ3n) is 5.51. The summed E-state index contributed by atoms with van der Waals surface area (Å²) in [5, 5.41) is 11.7. The number of carbonyl (C=O) groups is 1. The summed E-state index contributed by atoms with van der Waals surface area (Å²) < 4.78 is 0. The highest BCUT2D eigenvalue weighted by Crippen LogP contribution is 2.38. The van der Waals surface area contributed by atoms with E-state index in [1.165, 1.54) is 12.8 Å². The second-order valence-electron chi connectivity index (χ2n) is 8.12. The normalized spacial score (nSPS) is 20.7. The van der Waals surface area contributed by atoms with E-state index in [4.69, 9.17) is 5.73 Å². The molecule has 2 aromatic rings. The van der Waals surface area contributed by atoms with Gasteiger partial charge in [0, 0.05) is 23.3 Å². The SMILES string of the molecule is CC(C)CNC1N=C(C(N)=O)C=C(C2CCCC2)N1c1ccc2[nH]ncc2c1. The third-order valence-corrected chi connectivity index (χ3v) is 5.51. The van der Waals surface area contributed by atoms with Crippen molar-refractivity contribution in [1.82, 2.24) is 15.5 Å². The highest BCUT2D eigenvalue weighted by molar-refractivity contribution is 6.43. The zero-order valence-corrected chi connectivity index (χ0v) is 16.5. The smallest absolute Gasteiger partial charge is 0.267 e. The number of aromatic amines is 1.